The standard InChI is InChI=1S/C10H18O2/c1-5-9(3,11)7-8-10(4,12)6-2/h1,11-12H,6-8H2,2-4H3. The Balaban J connectivity index is 3.93. The summed E-state index contributed by atoms with van der Waals surface area (Å²) in [6, 6.07) is 0. The lowest BCUT2D eigenvalue weighted by atomic mass is 9.90. The van der Waals surface area contributed by atoms with Crippen LogP contribution in [-0.2, 0) is 0 Å². The number of hydrogen-bond acceptors (Lipinski definition) is 2. The Labute approximate surface area is 74.6 Å². The van der Waals surface area contributed by atoms with Crippen molar-refractivity contribution in [3.63, 3.8) is 0 Å². The molecule has 0 rings (SSSR count). The van der Waals surface area contributed by atoms with E-state index < -0.39 is 11.2 Å². The van der Waals surface area contributed by atoms with Gasteiger partial charge in [0.15, 0.2) is 0 Å². The second-order valence-electron chi connectivity index (χ2n) is 3.77. The van der Waals surface area contributed by atoms with Crippen LogP contribution in [0.25, 0.3) is 0 Å². The lowest BCUT2D eigenvalue weighted by Gasteiger charge is -2.25. The lowest BCUT2D eigenvalue weighted by molar-refractivity contribution is 0.0176. The van der Waals surface area contributed by atoms with E-state index in [1.807, 2.05) is 6.92 Å². The van der Waals surface area contributed by atoms with Crippen LogP contribution in [-0.4, -0.2) is 21.4 Å². The van der Waals surface area contributed by atoms with Gasteiger partial charge in [0.2, 0.25) is 0 Å². The average molecular weight is 170 g/mol. The van der Waals surface area contributed by atoms with Gasteiger partial charge >= 0.3 is 0 Å². The molecule has 0 radical (unpaired) electrons. The van der Waals surface area contributed by atoms with E-state index in [4.69, 9.17) is 6.42 Å². The van der Waals surface area contributed by atoms with Crippen LogP contribution in [0.3, 0.4) is 0 Å². The Bertz CT molecular complexity index is 175. The smallest absolute Gasteiger partial charge is 0.122 e. The molecule has 0 aromatic rings. The van der Waals surface area contributed by atoms with Crippen LogP contribution in [0, 0.1) is 12.3 Å². The summed E-state index contributed by atoms with van der Waals surface area (Å²) in [5.41, 5.74) is -1.79. The molecule has 0 aliphatic carbocycles. The molecule has 2 heteroatoms. The van der Waals surface area contributed by atoms with Gasteiger partial charge in [0.05, 0.1) is 5.60 Å². The van der Waals surface area contributed by atoms with Crippen molar-refractivity contribution >= 4 is 0 Å². The van der Waals surface area contributed by atoms with E-state index in [-0.39, 0.29) is 0 Å². The monoisotopic (exact) mass is 170 g/mol. The summed E-state index contributed by atoms with van der Waals surface area (Å²) in [6.45, 7) is 5.24. The maximum absolute atomic E-state index is 9.60. The zero-order valence-corrected chi connectivity index (χ0v) is 8.09. The second kappa shape index (κ2) is 3.93. The number of hydrogen-bond donors (Lipinski definition) is 2. The molecule has 2 nitrogen and oxygen atoms in total. The minimum atomic E-state index is -1.08. The molecule has 0 aliphatic rings. The average Bonchev–Trinajstić information content (AvgIpc) is 2.02. The molecule has 0 aliphatic heterocycles. The predicted molar refractivity (Wildman–Crippen MR) is 49.6 cm³/mol. The van der Waals surface area contributed by atoms with Crippen molar-refractivity contribution in [2.45, 2.75) is 51.2 Å². The normalized spacial score (nSPS) is 20.7. The lowest BCUT2D eigenvalue weighted by Crippen LogP contribution is -2.29. The molecule has 2 atom stereocenters. The van der Waals surface area contributed by atoms with E-state index in [0.717, 1.165) is 0 Å². The van der Waals surface area contributed by atoms with Gasteiger partial charge in [0.1, 0.15) is 5.60 Å². The van der Waals surface area contributed by atoms with Gasteiger partial charge in [-0.3, -0.25) is 0 Å². The summed E-state index contributed by atoms with van der Waals surface area (Å²) in [4.78, 5) is 0. The SMILES string of the molecule is C#CC(C)(O)CCC(C)(O)CC. The van der Waals surface area contributed by atoms with Crippen LogP contribution in [0.4, 0.5) is 0 Å². The Kier molecular flexibility index (Phi) is 3.76. The first kappa shape index (κ1) is 11.5. The van der Waals surface area contributed by atoms with Gasteiger partial charge in [-0.2, -0.15) is 0 Å². The minimum Gasteiger partial charge on any atom is -0.390 e. The van der Waals surface area contributed by atoms with E-state index in [1.165, 1.54) is 0 Å². The van der Waals surface area contributed by atoms with E-state index in [0.29, 0.717) is 19.3 Å². The summed E-state index contributed by atoms with van der Waals surface area (Å²) in [6.07, 6.45) is 6.73. The van der Waals surface area contributed by atoms with Crippen LogP contribution >= 0.6 is 0 Å². The molecular formula is C10H18O2. The summed E-state index contributed by atoms with van der Waals surface area (Å²) >= 11 is 0. The van der Waals surface area contributed by atoms with Crippen molar-refractivity contribution in [1.82, 2.24) is 0 Å². The zero-order chi connectivity index (χ0) is 9.83. The van der Waals surface area contributed by atoms with Crippen LogP contribution < -0.4 is 0 Å². The quantitative estimate of drug-likeness (QED) is 0.624. The highest BCUT2D eigenvalue weighted by Gasteiger charge is 2.23. The Morgan fingerprint density at radius 1 is 1.25 bits per heavy atom. The zero-order valence-electron chi connectivity index (χ0n) is 8.09. The fourth-order valence-electron chi connectivity index (χ4n) is 0.762. The number of rotatable bonds is 4. The van der Waals surface area contributed by atoms with Crippen molar-refractivity contribution in [3.8, 4) is 12.3 Å². The van der Waals surface area contributed by atoms with Gasteiger partial charge in [0.25, 0.3) is 0 Å². The van der Waals surface area contributed by atoms with Gasteiger partial charge in [-0.25, -0.2) is 0 Å². The highest BCUT2D eigenvalue weighted by Crippen LogP contribution is 2.21. The topological polar surface area (TPSA) is 40.5 Å². The Morgan fingerprint density at radius 2 is 1.75 bits per heavy atom. The summed E-state index contributed by atoms with van der Waals surface area (Å²) in [5, 5.41) is 19.0. The Morgan fingerprint density at radius 3 is 2.08 bits per heavy atom. The number of terminal acetylenes is 1. The fourth-order valence-corrected chi connectivity index (χ4v) is 0.762. The molecule has 0 saturated carbocycles. The van der Waals surface area contributed by atoms with E-state index in [2.05, 4.69) is 5.92 Å². The van der Waals surface area contributed by atoms with Crippen molar-refractivity contribution in [1.29, 1.82) is 0 Å². The highest BCUT2D eigenvalue weighted by atomic mass is 16.3. The molecule has 70 valence electrons. The first-order valence-corrected chi connectivity index (χ1v) is 4.25. The molecule has 0 heterocycles. The first-order valence-electron chi connectivity index (χ1n) is 4.25. The minimum absolute atomic E-state index is 0.435. The maximum Gasteiger partial charge on any atom is 0.122 e. The van der Waals surface area contributed by atoms with Crippen LogP contribution in [0.15, 0.2) is 0 Å². The van der Waals surface area contributed by atoms with Crippen molar-refractivity contribution in [2.24, 2.45) is 0 Å². The van der Waals surface area contributed by atoms with Gasteiger partial charge < -0.3 is 10.2 Å². The van der Waals surface area contributed by atoms with Gasteiger partial charge in [0, 0.05) is 0 Å². The Hall–Kier alpha value is -0.520. The van der Waals surface area contributed by atoms with Crippen LogP contribution in [0.5, 0.6) is 0 Å². The molecule has 0 aromatic carbocycles. The predicted octanol–water partition coefficient (Wildman–Crippen LogP) is 1.31. The molecule has 0 amide bonds. The van der Waals surface area contributed by atoms with Crippen LogP contribution in [0.2, 0.25) is 0 Å². The summed E-state index contributed by atoms with van der Waals surface area (Å²) < 4.78 is 0. The maximum atomic E-state index is 9.60. The van der Waals surface area contributed by atoms with Gasteiger partial charge in [-0.15, -0.1) is 6.42 Å². The molecule has 2 unspecified atom stereocenters. The molecular weight excluding hydrogens is 152 g/mol. The largest absolute Gasteiger partial charge is 0.390 e. The van der Waals surface area contributed by atoms with E-state index in [9.17, 15) is 10.2 Å². The third-order valence-corrected chi connectivity index (χ3v) is 2.22. The third-order valence-electron chi connectivity index (χ3n) is 2.22. The summed E-state index contributed by atoms with van der Waals surface area (Å²) in [5.74, 6) is 2.28. The van der Waals surface area contributed by atoms with Crippen LogP contribution in [0.1, 0.15) is 40.0 Å². The van der Waals surface area contributed by atoms with Crippen molar-refractivity contribution in [2.75, 3.05) is 0 Å². The fraction of sp³-hybridized carbons (Fsp3) is 0.800. The van der Waals surface area contributed by atoms with E-state index in [1.54, 1.807) is 13.8 Å². The van der Waals surface area contributed by atoms with Crippen molar-refractivity contribution < 1.29 is 10.2 Å². The molecule has 0 fully saturated rings. The van der Waals surface area contributed by atoms with Gasteiger partial charge in [-0.05, 0) is 33.1 Å². The second-order valence-corrected chi connectivity index (χ2v) is 3.77. The molecule has 0 saturated heterocycles. The molecule has 2 N–H and O–H groups in total. The van der Waals surface area contributed by atoms with Crippen molar-refractivity contribution in [3.05, 3.63) is 0 Å². The molecule has 0 spiro atoms. The molecule has 0 bridgehead atoms. The number of aliphatic hydroxyl groups is 2. The molecule has 0 aromatic heterocycles. The third kappa shape index (κ3) is 4.38. The first-order chi connectivity index (χ1) is 5.33. The van der Waals surface area contributed by atoms with E-state index >= 15 is 0 Å². The van der Waals surface area contributed by atoms with Gasteiger partial charge in [-0.1, -0.05) is 12.8 Å². The summed E-state index contributed by atoms with van der Waals surface area (Å²) in [7, 11) is 0. The molecule has 12 heavy (non-hydrogen) atoms. The highest BCUT2D eigenvalue weighted by molar-refractivity contribution is 5.04.